The molecule has 2 N–H and O–H groups in total. The van der Waals surface area contributed by atoms with E-state index in [0.29, 0.717) is 11.7 Å². The van der Waals surface area contributed by atoms with Crippen molar-refractivity contribution >= 4 is 38.3 Å². The van der Waals surface area contributed by atoms with E-state index in [1.807, 2.05) is 43.5 Å². The van der Waals surface area contributed by atoms with Crippen LogP contribution < -0.4 is 10.6 Å². The molecule has 0 atom stereocenters. The molecule has 0 aliphatic carbocycles. The van der Waals surface area contributed by atoms with Crippen LogP contribution in [0.5, 0.6) is 0 Å². The first-order valence-electron chi connectivity index (χ1n) is 6.29. The number of amides is 1. The molecule has 0 unspecified atom stereocenters. The van der Waals surface area contributed by atoms with Crippen molar-refractivity contribution in [3.8, 4) is 11.3 Å². The van der Waals surface area contributed by atoms with Crippen molar-refractivity contribution in [3.63, 3.8) is 0 Å². The highest BCUT2D eigenvalue weighted by Gasteiger charge is 2.08. The fourth-order valence-electron chi connectivity index (χ4n) is 1.54. The summed E-state index contributed by atoms with van der Waals surface area (Å²) in [5, 5.41) is 8.43. The normalized spacial score (nSPS) is 10.8. The van der Waals surface area contributed by atoms with Crippen LogP contribution in [-0.4, -0.2) is 23.5 Å². The third-order valence-electron chi connectivity index (χ3n) is 2.56. The number of hydrogen-bond donors (Lipinski definition) is 2. The summed E-state index contributed by atoms with van der Waals surface area (Å²) in [6.07, 6.45) is 0. The van der Waals surface area contributed by atoms with Gasteiger partial charge in [-0.2, -0.15) is 0 Å². The predicted molar refractivity (Wildman–Crippen MR) is 87.0 cm³/mol. The minimum Gasteiger partial charge on any atom is -0.306 e. The van der Waals surface area contributed by atoms with Crippen molar-refractivity contribution < 1.29 is 4.79 Å². The molecule has 0 aliphatic rings. The molecule has 2 aromatic rings. The van der Waals surface area contributed by atoms with Crippen LogP contribution in [0, 0.1) is 0 Å². The summed E-state index contributed by atoms with van der Waals surface area (Å²) in [6, 6.07) is 8.21. The summed E-state index contributed by atoms with van der Waals surface area (Å²) in [5.74, 6) is -0.0737. The Balaban J connectivity index is 1.98. The topological polar surface area (TPSA) is 54.0 Å². The van der Waals surface area contributed by atoms with E-state index in [2.05, 4.69) is 31.5 Å². The molecule has 20 heavy (non-hydrogen) atoms. The van der Waals surface area contributed by atoms with Crippen LogP contribution in [0.1, 0.15) is 13.8 Å². The largest absolute Gasteiger partial charge is 0.306 e. The van der Waals surface area contributed by atoms with E-state index in [4.69, 9.17) is 0 Å². The maximum Gasteiger partial charge on any atom is 0.240 e. The van der Waals surface area contributed by atoms with E-state index in [9.17, 15) is 4.79 Å². The van der Waals surface area contributed by atoms with Gasteiger partial charge in [0.05, 0.1) is 12.2 Å². The Morgan fingerprint density at radius 1 is 1.35 bits per heavy atom. The first-order valence-corrected chi connectivity index (χ1v) is 7.96. The van der Waals surface area contributed by atoms with Crippen LogP contribution >= 0.6 is 27.3 Å². The zero-order valence-electron chi connectivity index (χ0n) is 11.3. The molecular formula is C14H16BrN3OS. The van der Waals surface area contributed by atoms with Gasteiger partial charge in [-0.05, 0) is 12.1 Å². The van der Waals surface area contributed by atoms with Crippen molar-refractivity contribution in [2.24, 2.45) is 0 Å². The first-order chi connectivity index (χ1) is 9.54. The molecule has 1 amide bonds. The third-order valence-corrected chi connectivity index (χ3v) is 3.85. The zero-order chi connectivity index (χ0) is 14.5. The second-order valence-corrected chi connectivity index (χ2v) is 6.40. The van der Waals surface area contributed by atoms with Gasteiger partial charge < -0.3 is 10.6 Å². The van der Waals surface area contributed by atoms with Crippen molar-refractivity contribution in [1.29, 1.82) is 0 Å². The highest BCUT2D eigenvalue weighted by Crippen LogP contribution is 2.25. The zero-order valence-corrected chi connectivity index (χ0v) is 13.7. The molecule has 0 fully saturated rings. The van der Waals surface area contributed by atoms with Gasteiger partial charge >= 0.3 is 0 Å². The molecule has 0 bridgehead atoms. The van der Waals surface area contributed by atoms with Crippen molar-refractivity contribution in [1.82, 2.24) is 10.3 Å². The summed E-state index contributed by atoms with van der Waals surface area (Å²) >= 11 is 4.83. The highest BCUT2D eigenvalue weighted by atomic mass is 79.9. The maximum absolute atomic E-state index is 11.7. The fourth-order valence-corrected chi connectivity index (χ4v) is 2.54. The number of hydrogen-bond acceptors (Lipinski definition) is 4. The van der Waals surface area contributed by atoms with Gasteiger partial charge in [-0.3, -0.25) is 4.79 Å². The van der Waals surface area contributed by atoms with E-state index in [0.717, 1.165) is 15.7 Å². The van der Waals surface area contributed by atoms with E-state index < -0.39 is 0 Å². The van der Waals surface area contributed by atoms with Gasteiger partial charge in [0, 0.05) is 21.5 Å². The van der Waals surface area contributed by atoms with E-state index >= 15 is 0 Å². The average molecular weight is 354 g/mol. The maximum atomic E-state index is 11.7. The molecular weight excluding hydrogens is 338 g/mol. The summed E-state index contributed by atoms with van der Waals surface area (Å²) in [7, 11) is 0. The molecule has 106 valence electrons. The number of benzene rings is 1. The Kier molecular flexibility index (Phi) is 5.28. The van der Waals surface area contributed by atoms with E-state index in [-0.39, 0.29) is 11.9 Å². The van der Waals surface area contributed by atoms with Crippen molar-refractivity contribution in [3.05, 3.63) is 34.1 Å². The summed E-state index contributed by atoms with van der Waals surface area (Å²) in [6.45, 7) is 4.30. The molecule has 0 aliphatic heterocycles. The lowest BCUT2D eigenvalue weighted by molar-refractivity contribution is -0.115. The predicted octanol–water partition coefficient (Wildman–Crippen LogP) is 3.51. The molecule has 6 heteroatoms. The number of rotatable bonds is 5. The van der Waals surface area contributed by atoms with E-state index in [1.165, 1.54) is 11.3 Å². The number of carbonyl (C=O) groups excluding carboxylic acids is 1. The van der Waals surface area contributed by atoms with Gasteiger partial charge in [0.1, 0.15) is 0 Å². The van der Waals surface area contributed by atoms with Gasteiger partial charge in [-0.25, -0.2) is 4.98 Å². The lowest BCUT2D eigenvalue weighted by atomic mass is 10.2. The molecule has 0 radical (unpaired) electrons. The average Bonchev–Trinajstić information content (AvgIpc) is 2.85. The van der Waals surface area contributed by atoms with Gasteiger partial charge in [-0.1, -0.05) is 41.9 Å². The lowest BCUT2D eigenvalue weighted by Gasteiger charge is -2.06. The Morgan fingerprint density at radius 2 is 2.05 bits per heavy atom. The molecule has 0 saturated carbocycles. The van der Waals surface area contributed by atoms with Gasteiger partial charge in [0.15, 0.2) is 5.13 Å². The van der Waals surface area contributed by atoms with Crippen LogP contribution in [0.15, 0.2) is 34.1 Å². The second kappa shape index (κ2) is 6.97. The monoisotopic (exact) mass is 353 g/mol. The van der Waals surface area contributed by atoms with Gasteiger partial charge in [-0.15, -0.1) is 11.3 Å². The van der Waals surface area contributed by atoms with Crippen LogP contribution in [0.3, 0.4) is 0 Å². The molecule has 1 aromatic carbocycles. The number of thiazole rings is 1. The highest BCUT2D eigenvalue weighted by molar-refractivity contribution is 9.10. The summed E-state index contributed by atoms with van der Waals surface area (Å²) in [4.78, 5) is 16.1. The lowest BCUT2D eigenvalue weighted by Crippen LogP contribution is -2.32. The van der Waals surface area contributed by atoms with Crippen molar-refractivity contribution in [2.45, 2.75) is 19.9 Å². The Hall–Kier alpha value is -1.24. The van der Waals surface area contributed by atoms with Crippen molar-refractivity contribution in [2.75, 3.05) is 11.9 Å². The van der Waals surface area contributed by atoms with Crippen LogP contribution in [-0.2, 0) is 4.79 Å². The molecule has 4 nitrogen and oxygen atoms in total. The molecule has 2 rings (SSSR count). The molecule has 0 saturated heterocycles. The van der Waals surface area contributed by atoms with Crippen LogP contribution in [0.25, 0.3) is 11.3 Å². The Morgan fingerprint density at radius 3 is 2.70 bits per heavy atom. The number of nitrogens with one attached hydrogen (secondary N) is 2. The standard InChI is InChI=1S/C14H16BrN3OS/c1-9(2)16-7-13(19)18-14-17-12(8-20-14)10-3-5-11(15)6-4-10/h3-6,8-9,16H,7H2,1-2H3,(H,17,18,19). The quantitative estimate of drug-likeness (QED) is 0.864. The number of nitrogens with zero attached hydrogens (tertiary/aromatic N) is 1. The second-order valence-electron chi connectivity index (χ2n) is 4.63. The summed E-state index contributed by atoms with van der Waals surface area (Å²) in [5.41, 5.74) is 1.90. The molecule has 1 aromatic heterocycles. The number of carbonyl (C=O) groups is 1. The van der Waals surface area contributed by atoms with Gasteiger partial charge in [0.2, 0.25) is 5.91 Å². The van der Waals surface area contributed by atoms with E-state index in [1.54, 1.807) is 0 Å². The number of anilines is 1. The minimum absolute atomic E-state index is 0.0737. The number of aromatic nitrogens is 1. The third kappa shape index (κ3) is 4.40. The SMILES string of the molecule is CC(C)NCC(=O)Nc1nc(-c2ccc(Br)cc2)cs1. The Bertz CT molecular complexity index is 580. The minimum atomic E-state index is -0.0737. The fraction of sp³-hybridized carbons (Fsp3) is 0.286. The summed E-state index contributed by atoms with van der Waals surface area (Å²) < 4.78 is 1.03. The van der Waals surface area contributed by atoms with Crippen LogP contribution in [0.4, 0.5) is 5.13 Å². The molecule has 0 spiro atoms. The van der Waals surface area contributed by atoms with Crippen LogP contribution in [0.2, 0.25) is 0 Å². The Labute approximate surface area is 130 Å². The molecule has 1 heterocycles. The van der Waals surface area contributed by atoms with Gasteiger partial charge in [0.25, 0.3) is 0 Å². The first kappa shape index (κ1) is 15.2. The number of halogens is 1. The smallest absolute Gasteiger partial charge is 0.240 e.